The molecule has 1 fully saturated rings. The average Bonchev–Trinajstić information content (AvgIpc) is 3.19. The maximum atomic E-state index is 12.9. The first kappa shape index (κ1) is 16.2. The standard InChI is InChI=1S/C20H24N2O3/c1-12-5-6-15(20(21)24)10-22(12)19(23)9-16-11-25-18-8-14-4-2-3-13(14)7-17(16)18/h7-8,11-12,15H,2-6,9-10H2,1H3,(H2,21,24)/t12-,15-/m0/s1. The number of primary amides is 1. The molecule has 0 radical (unpaired) electrons. The first-order valence-electron chi connectivity index (χ1n) is 9.13. The molecule has 2 heterocycles. The molecule has 5 heteroatoms. The molecule has 5 nitrogen and oxygen atoms in total. The molecule has 132 valence electrons. The van der Waals surface area contributed by atoms with Crippen LogP contribution in [0.25, 0.3) is 11.0 Å². The van der Waals surface area contributed by atoms with Gasteiger partial charge in [-0.2, -0.15) is 0 Å². The Kier molecular flexibility index (Phi) is 4.02. The van der Waals surface area contributed by atoms with Crippen LogP contribution in [-0.2, 0) is 28.9 Å². The summed E-state index contributed by atoms with van der Waals surface area (Å²) in [6, 6.07) is 4.46. The van der Waals surface area contributed by atoms with Crippen LogP contribution in [0.15, 0.2) is 22.8 Å². The molecule has 0 bridgehead atoms. The van der Waals surface area contributed by atoms with E-state index in [1.165, 1.54) is 17.5 Å². The predicted octanol–water partition coefficient (Wildman–Crippen LogP) is 2.58. The third-order valence-electron chi connectivity index (χ3n) is 5.81. The van der Waals surface area contributed by atoms with Crippen LogP contribution < -0.4 is 5.73 Å². The molecule has 1 aliphatic carbocycles. The molecule has 4 rings (SSSR count). The molecule has 2 amide bonds. The van der Waals surface area contributed by atoms with Crippen LogP contribution in [0.4, 0.5) is 0 Å². The number of piperidine rings is 1. The highest BCUT2D eigenvalue weighted by atomic mass is 16.3. The second-order valence-corrected chi connectivity index (χ2v) is 7.48. The maximum absolute atomic E-state index is 12.9. The quantitative estimate of drug-likeness (QED) is 0.933. The highest BCUT2D eigenvalue weighted by molar-refractivity contribution is 5.89. The summed E-state index contributed by atoms with van der Waals surface area (Å²) in [5.74, 6) is -0.500. The van der Waals surface area contributed by atoms with Gasteiger partial charge in [0.2, 0.25) is 11.8 Å². The van der Waals surface area contributed by atoms with Crippen molar-refractivity contribution in [1.82, 2.24) is 4.90 Å². The van der Waals surface area contributed by atoms with Crippen molar-refractivity contribution in [1.29, 1.82) is 0 Å². The largest absolute Gasteiger partial charge is 0.464 e. The van der Waals surface area contributed by atoms with Crippen molar-refractivity contribution < 1.29 is 14.0 Å². The molecule has 2 aromatic rings. The fourth-order valence-electron chi connectivity index (χ4n) is 4.24. The average molecular weight is 340 g/mol. The number of carbonyl (C=O) groups excluding carboxylic acids is 2. The van der Waals surface area contributed by atoms with Crippen LogP contribution in [0.3, 0.4) is 0 Å². The van der Waals surface area contributed by atoms with E-state index < -0.39 is 0 Å². The van der Waals surface area contributed by atoms with E-state index in [0.717, 1.165) is 42.2 Å². The summed E-state index contributed by atoms with van der Waals surface area (Å²) in [6.07, 6.45) is 7.00. The smallest absolute Gasteiger partial charge is 0.227 e. The van der Waals surface area contributed by atoms with Gasteiger partial charge in [0.25, 0.3) is 0 Å². The minimum absolute atomic E-state index is 0.0432. The van der Waals surface area contributed by atoms with Crippen LogP contribution >= 0.6 is 0 Å². The van der Waals surface area contributed by atoms with E-state index in [9.17, 15) is 9.59 Å². The minimum Gasteiger partial charge on any atom is -0.464 e. The molecule has 0 saturated carbocycles. The summed E-state index contributed by atoms with van der Waals surface area (Å²) in [6.45, 7) is 2.47. The second-order valence-electron chi connectivity index (χ2n) is 7.48. The molecule has 1 aromatic heterocycles. The SMILES string of the molecule is C[C@H]1CC[C@H](C(N)=O)CN1C(=O)Cc1coc2cc3c(cc12)CCC3. The number of nitrogens with two attached hydrogens (primary N) is 1. The number of likely N-dealkylation sites (tertiary alicyclic amines) is 1. The lowest BCUT2D eigenvalue weighted by Gasteiger charge is -2.37. The zero-order valence-electron chi connectivity index (χ0n) is 14.6. The molecule has 2 N–H and O–H groups in total. The summed E-state index contributed by atoms with van der Waals surface area (Å²) in [7, 11) is 0. The van der Waals surface area contributed by atoms with Gasteiger partial charge in [-0.05, 0) is 62.3 Å². The van der Waals surface area contributed by atoms with Crippen molar-refractivity contribution in [3.05, 3.63) is 35.1 Å². The fourth-order valence-corrected chi connectivity index (χ4v) is 4.24. The molecular weight excluding hydrogens is 316 g/mol. The number of benzene rings is 1. The fraction of sp³-hybridized carbons (Fsp3) is 0.500. The van der Waals surface area contributed by atoms with Crippen LogP contribution in [0.5, 0.6) is 0 Å². The van der Waals surface area contributed by atoms with Crippen molar-refractivity contribution >= 4 is 22.8 Å². The first-order chi connectivity index (χ1) is 12.0. The van der Waals surface area contributed by atoms with Gasteiger partial charge >= 0.3 is 0 Å². The van der Waals surface area contributed by atoms with Crippen LogP contribution in [0, 0.1) is 5.92 Å². The normalized spacial score (nSPS) is 23.0. The van der Waals surface area contributed by atoms with Gasteiger partial charge in [-0.3, -0.25) is 9.59 Å². The van der Waals surface area contributed by atoms with E-state index in [1.807, 2.05) is 11.8 Å². The third kappa shape index (κ3) is 2.92. The van der Waals surface area contributed by atoms with Crippen LogP contribution in [0.1, 0.15) is 42.9 Å². The van der Waals surface area contributed by atoms with Gasteiger partial charge in [0.15, 0.2) is 0 Å². The Balaban J connectivity index is 1.56. The van der Waals surface area contributed by atoms with Crippen molar-refractivity contribution in [3.63, 3.8) is 0 Å². The topological polar surface area (TPSA) is 76.5 Å². The Morgan fingerprint density at radius 3 is 2.76 bits per heavy atom. The zero-order valence-corrected chi connectivity index (χ0v) is 14.6. The number of hydrogen-bond acceptors (Lipinski definition) is 3. The lowest BCUT2D eigenvalue weighted by atomic mass is 9.92. The monoisotopic (exact) mass is 340 g/mol. The van der Waals surface area contributed by atoms with E-state index >= 15 is 0 Å². The molecule has 0 unspecified atom stereocenters. The zero-order chi connectivity index (χ0) is 17.6. The number of hydrogen-bond donors (Lipinski definition) is 1. The Labute approximate surface area is 147 Å². The predicted molar refractivity (Wildman–Crippen MR) is 95.0 cm³/mol. The van der Waals surface area contributed by atoms with Crippen LogP contribution in [-0.4, -0.2) is 29.3 Å². The molecule has 25 heavy (non-hydrogen) atoms. The van der Waals surface area contributed by atoms with Gasteiger partial charge in [0.1, 0.15) is 5.58 Å². The highest BCUT2D eigenvalue weighted by Gasteiger charge is 2.32. The first-order valence-corrected chi connectivity index (χ1v) is 9.13. The second kappa shape index (κ2) is 6.21. The Bertz CT molecular complexity index is 839. The van der Waals surface area contributed by atoms with Gasteiger partial charge in [-0.1, -0.05) is 0 Å². The van der Waals surface area contributed by atoms with Gasteiger partial charge in [0.05, 0.1) is 18.6 Å². The summed E-state index contributed by atoms with van der Waals surface area (Å²) in [4.78, 5) is 26.2. The van der Waals surface area contributed by atoms with E-state index in [4.69, 9.17) is 10.2 Å². The van der Waals surface area contributed by atoms with Crippen molar-refractivity contribution in [2.24, 2.45) is 11.7 Å². The third-order valence-corrected chi connectivity index (χ3v) is 5.81. The molecule has 1 saturated heterocycles. The Morgan fingerprint density at radius 1 is 1.24 bits per heavy atom. The Hall–Kier alpha value is -2.30. The van der Waals surface area contributed by atoms with Crippen molar-refractivity contribution in [3.8, 4) is 0 Å². The number of carbonyl (C=O) groups is 2. The highest BCUT2D eigenvalue weighted by Crippen LogP contribution is 2.31. The van der Waals surface area contributed by atoms with Crippen molar-refractivity contribution in [2.75, 3.05) is 6.54 Å². The van der Waals surface area contributed by atoms with Crippen LogP contribution in [0.2, 0.25) is 0 Å². The number of fused-ring (bicyclic) bond motifs is 2. The number of furan rings is 1. The number of rotatable bonds is 3. The van der Waals surface area contributed by atoms with Gasteiger partial charge in [0, 0.05) is 23.5 Å². The van der Waals surface area contributed by atoms with E-state index in [-0.39, 0.29) is 23.8 Å². The van der Waals surface area contributed by atoms with Crippen molar-refractivity contribution in [2.45, 2.75) is 51.5 Å². The lowest BCUT2D eigenvalue weighted by Crippen LogP contribution is -2.49. The van der Waals surface area contributed by atoms with Gasteiger partial charge in [-0.25, -0.2) is 0 Å². The molecule has 2 aliphatic rings. The summed E-state index contributed by atoms with van der Waals surface area (Å²) in [5, 5.41) is 1.05. The maximum Gasteiger partial charge on any atom is 0.227 e. The summed E-state index contributed by atoms with van der Waals surface area (Å²) >= 11 is 0. The molecule has 1 aromatic carbocycles. The number of amides is 2. The lowest BCUT2D eigenvalue weighted by molar-refractivity contribution is -0.136. The number of nitrogens with zero attached hydrogens (tertiary/aromatic N) is 1. The molecule has 0 spiro atoms. The van der Waals surface area contributed by atoms with E-state index in [0.29, 0.717) is 13.0 Å². The van der Waals surface area contributed by atoms with Gasteiger partial charge < -0.3 is 15.1 Å². The van der Waals surface area contributed by atoms with Gasteiger partial charge in [-0.15, -0.1) is 0 Å². The molecule has 1 aliphatic heterocycles. The Morgan fingerprint density at radius 2 is 2.00 bits per heavy atom. The van der Waals surface area contributed by atoms with E-state index in [1.54, 1.807) is 6.26 Å². The molecule has 2 atom stereocenters. The minimum atomic E-state index is -0.311. The number of aryl methyl sites for hydroxylation is 2. The van der Waals surface area contributed by atoms with E-state index in [2.05, 4.69) is 12.1 Å². The summed E-state index contributed by atoms with van der Waals surface area (Å²) in [5.41, 5.74) is 9.99. The summed E-state index contributed by atoms with van der Waals surface area (Å²) < 4.78 is 5.70. The molecular formula is C20H24N2O3.